The summed E-state index contributed by atoms with van der Waals surface area (Å²) in [4.78, 5) is 24.4. The van der Waals surface area contributed by atoms with Crippen LogP contribution < -0.4 is 5.32 Å². The van der Waals surface area contributed by atoms with Crippen molar-refractivity contribution in [2.45, 2.75) is 46.7 Å². The average molecular weight is 423 g/mol. The largest absolute Gasteiger partial charge is 0.352 e. The van der Waals surface area contributed by atoms with E-state index < -0.39 is 0 Å². The SMILES string of the molecule is Cc1cc(-c2cc(C(=O)NCCCn3ccnc3)c3cnn(C(C)C)c3n2)c(C)s1. The highest BCUT2D eigenvalue weighted by Crippen LogP contribution is 2.32. The van der Waals surface area contributed by atoms with Crippen molar-refractivity contribution in [3.63, 3.8) is 0 Å². The van der Waals surface area contributed by atoms with E-state index in [-0.39, 0.29) is 11.9 Å². The van der Waals surface area contributed by atoms with Gasteiger partial charge >= 0.3 is 0 Å². The Kier molecular flexibility index (Phi) is 5.67. The highest BCUT2D eigenvalue weighted by Gasteiger charge is 2.19. The van der Waals surface area contributed by atoms with E-state index in [0.29, 0.717) is 12.1 Å². The van der Waals surface area contributed by atoms with Crippen LogP contribution in [0.1, 0.15) is 46.4 Å². The number of imidazole rings is 1. The molecule has 0 saturated carbocycles. The average Bonchev–Trinajstić information content (AvgIpc) is 3.43. The first-order valence-corrected chi connectivity index (χ1v) is 11.0. The zero-order valence-corrected chi connectivity index (χ0v) is 18.5. The van der Waals surface area contributed by atoms with Gasteiger partial charge in [0.15, 0.2) is 5.65 Å². The second-order valence-electron chi connectivity index (χ2n) is 7.71. The summed E-state index contributed by atoms with van der Waals surface area (Å²) in [7, 11) is 0. The van der Waals surface area contributed by atoms with Crippen molar-refractivity contribution in [3.8, 4) is 11.3 Å². The summed E-state index contributed by atoms with van der Waals surface area (Å²) in [5, 5.41) is 8.33. The van der Waals surface area contributed by atoms with Crippen LogP contribution in [0.25, 0.3) is 22.3 Å². The van der Waals surface area contributed by atoms with Gasteiger partial charge in [0, 0.05) is 46.8 Å². The van der Waals surface area contributed by atoms with Crippen LogP contribution in [0.4, 0.5) is 0 Å². The van der Waals surface area contributed by atoms with Gasteiger partial charge in [-0.3, -0.25) is 4.79 Å². The molecule has 0 aromatic carbocycles. The molecule has 4 aromatic rings. The first kappa shape index (κ1) is 20.3. The Labute approximate surface area is 179 Å². The number of amides is 1. The molecule has 0 aliphatic carbocycles. The molecule has 1 amide bonds. The van der Waals surface area contributed by atoms with E-state index in [1.54, 1.807) is 30.1 Å². The molecule has 30 heavy (non-hydrogen) atoms. The number of hydrogen-bond donors (Lipinski definition) is 1. The summed E-state index contributed by atoms with van der Waals surface area (Å²) in [6.45, 7) is 9.72. The summed E-state index contributed by atoms with van der Waals surface area (Å²) in [6.07, 6.45) is 8.04. The van der Waals surface area contributed by atoms with Gasteiger partial charge in [-0.1, -0.05) is 0 Å². The molecule has 0 aliphatic rings. The van der Waals surface area contributed by atoms with Crippen LogP contribution in [0.15, 0.2) is 37.1 Å². The van der Waals surface area contributed by atoms with Crippen molar-refractivity contribution < 1.29 is 4.79 Å². The van der Waals surface area contributed by atoms with Crippen molar-refractivity contribution in [1.29, 1.82) is 0 Å². The third-order valence-corrected chi connectivity index (χ3v) is 6.02. The molecule has 0 fully saturated rings. The van der Waals surface area contributed by atoms with Gasteiger partial charge in [-0.05, 0) is 46.2 Å². The number of carbonyl (C=O) groups excluding carboxylic acids is 1. The molecule has 0 aliphatic heterocycles. The van der Waals surface area contributed by atoms with Crippen LogP contribution in [0.5, 0.6) is 0 Å². The summed E-state index contributed by atoms with van der Waals surface area (Å²) < 4.78 is 3.88. The summed E-state index contributed by atoms with van der Waals surface area (Å²) >= 11 is 1.74. The molecule has 0 atom stereocenters. The van der Waals surface area contributed by atoms with Crippen LogP contribution in [0.3, 0.4) is 0 Å². The van der Waals surface area contributed by atoms with Crippen LogP contribution >= 0.6 is 11.3 Å². The van der Waals surface area contributed by atoms with Crippen molar-refractivity contribution >= 4 is 28.3 Å². The topological polar surface area (TPSA) is 77.6 Å². The van der Waals surface area contributed by atoms with Crippen molar-refractivity contribution in [3.05, 3.63) is 52.4 Å². The molecule has 4 aromatic heterocycles. The zero-order chi connectivity index (χ0) is 21.3. The Bertz CT molecular complexity index is 1170. The van der Waals surface area contributed by atoms with Crippen LogP contribution in [0.2, 0.25) is 0 Å². The van der Waals surface area contributed by atoms with Crippen molar-refractivity contribution in [2.75, 3.05) is 6.54 Å². The van der Waals surface area contributed by atoms with E-state index in [4.69, 9.17) is 4.98 Å². The highest BCUT2D eigenvalue weighted by atomic mass is 32.1. The van der Waals surface area contributed by atoms with Crippen LogP contribution in [0, 0.1) is 13.8 Å². The third-order valence-electron chi connectivity index (χ3n) is 5.06. The monoisotopic (exact) mass is 422 g/mol. The summed E-state index contributed by atoms with van der Waals surface area (Å²) in [6, 6.07) is 4.19. The number of nitrogens with zero attached hydrogens (tertiary/aromatic N) is 5. The van der Waals surface area contributed by atoms with E-state index in [1.807, 2.05) is 21.5 Å². The lowest BCUT2D eigenvalue weighted by atomic mass is 10.1. The fourth-order valence-electron chi connectivity index (χ4n) is 3.58. The second kappa shape index (κ2) is 8.39. The Balaban J connectivity index is 1.65. The number of aromatic nitrogens is 5. The van der Waals surface area contributed by atoms with Gasteiger partial charge in [0.2, 0.25) is 0 Å². The van der Waals surface area contributed by atoms with E-state index in [1.165, 1.54) is 9.75 Å². The Morgan fingerprint density at radius 3 is 2.77 bits per heavy atom. The molecular weight excluding hydrogens is 396 g/mol. The number of nitrogens with one attached hydrogen (secondary N) is 1. The minimum atomic E-state index is -0.0952. The smallest absolute Gasteiger partial charge is 0.252 e. The van der Waals surface area contributed by atoms with Gasteiger partial charge in [0.25, 0.3) is 5.91 Å². The zero-order valence-electron chi connectivity index (χ0n) is 17.7. The van der Waals surface area contributed by atoms with Gasteiger partial charge in [-0.15, -0.1) is 11.3 Å². The fraction of sp³-hybridized carbons (Fsp3) is 0.364. The molecule has 8 heteroatoms. The van der Waals surface area contributed by atoms with Gasteiger partial charge in [-0.2, -0.15) is 5.10 Å². The normalized spacial score (nSPS) is 11.5. The van der Waals surface area contributed by atoms with Gasteiger partial charge in [-0.25, -0.2) is 14.6 Å². The molecular formula is C22H26N6OS. The predicted molar refractivity (Wildman–Crippen MR) is 120 cm³/mol. The van der Waals surface area contributed by atoms with Crippen molar-refractivity contribution in [1.82, 2.24) is 29.6 Å². The molecule has 0 spiro atoms. The van der Waals surface area contributed by atoms with Gasteiger partial charge in [0.1, 0.15) is 0 Å². The Morgan fingerprint density at radius 2 is 2.10 bits per heavy atom. The number of rotatable bonds is 7. The maximum absolute atomic E-state index is 13.1. The van der Waals surface area contributed by atoms with E-state index in [0.717, 1.165) is 35.3 Å². The molecule has 7 nitrogen and oxygen atoms in total. The molecule has 0 unspecified atom stereocenters. The lowest BCUT2D eigenvalue weighted by Crippen LogP contribution is -2.25. The quantitative estimate of drug-likeness (QED) is 0.449. The molecule has 0 radical (unpaired) electrons. The minimum Gasteiger partial charge on any atom is -0.352 e. The predicted octanol–water partition coefficient (Wildman–Crippen LogP) is 4.37. The molecule has 156 valence electrons. The second-order valence-corrected chi connectivity index (χ2v) is 9.17. The van der Waals surface area contributed by atoms with Crippen LogP contribution in [-0.2, 0) is 6.54 Å². The van der Waals surface area contributed by atoms with Crippen LogP contribution in [-0.4, -0.2) is 36.8 Å². The molecule has 4 heterocycles. The lowest BCUT2D eigenvalue weighted by Gasteiger charge is -2.11. The van der Waals surface area contributed by atoms with E-state index >= 15 is 0 Å². The third kappa shape index (κ3) is 4.00. The highest BCUT2D eigenvalue weighted by molar-refractivity contribution is 7.12. The summed E-state index contributed by atoms with van der Waals surface area (Å²) in [5.41, 5.74) is 3.25. The van der Waals surface area contributed by atoms with Gasteiger partial charge < -0.3 is 9.88 Å². The fourth-order valence-corrected chi connectivity index (χ4v) is 4.52. The maximum atomic E-state index is 13.1. The molecule has 1 N–H and O–H groups in total. The molecule has 0 bridgehead atoms. The number of fused-ring (bicyclic) bond motifs is 1. The number of pyridine rings is 1. The van der Waals surface area contributed by atoms with E-state index in [2.05, 4.69) is 49.2 Å². The number of aryl methyl sites for hydroxylation is 3. The number of carbonyl (C=O) groups is 1. The van der Waals surface area contributed by atoms with E-state index in [9.17, 15) is 4.79 Å². The molecule has 4 rings (SSSR count). The minimum absolute atomic E-state index is 0.0952. The lowest BCUT2D eigenvalue weighted by molar-refractivity contribution is 0.0954. The molecule has 0 saturated heterocycles. The first-order chi connectivity index (χ1) is 14.4. The standard InChI is InChI=1S/C22H26N6OS/c1-14(2)28-21-19(12-25-28)18(11-20(26-21)17-10-15(3)30-16(17)4)22(29)24-6-5-8-27-9-7-23-13-27/h7,9-14H,5-6,8H2,1-4H3,(H,24,29). The number of thiophene rings is 1. The Hall–Kier alpha value is -3.00. The van der Waals surface area contributed by atoms with Gasteiger partial charge in [0.05, 0.1) is 29.2 Å². The Morgan fingerprint density at radius 1 is 1.27 bits per heavy atom. The maximum Gasteiger partial charge on any atom is 0.252 e. The number of hydrogen-bond acceptors (Lipinski definition) is 5. The van der Waals surface area contributed by atoms with Crippen molar-refractivity contribution in [2.24, 2.45) is 0 Å². The first-order valence-electron chi connectivity index (χ1n) is 10.1. The summed E-state index contributed by atoms with van der Waals surface area (Å²) in [5.74, 6) is -0.0952.